The molecule has 0 saturated carbocycles. The first-order valence-electron chi connectivity index (χ1n) is 8.75. The molecule has 0 aliphatic carbocycles. The van der Waals surface area contributed by atoms with E-state index in [2.05, 4.69) is 4.98 Å². The van der Waals surface area contributed by atoms with Crippen molar-refractivity contribution >= 4 is 10.9 Å². The van der Waals surface area contributed by atoms with E-state index in [1.54, 1.807) is 26.4 Å². The molecule has 0 radical (unpaired) electrons. The van der Waals surface area contributed by atoms with Crippen molar-refractivity contribution in [3.05, 3.63) is 33.6 Å². The van der Waals surface area contributed by atoms with Crippen molar-refractivity contribution in [1.82, 2.24) is 4.98 Å². The molecule has 1 aromatic heterocycles. The molecule has 1 fully saturated rings. The Morgan fingerprint density at radius 3 is 2.42 bits per heavy atom. The molecule has 3 rings (SSSR count). The van der Waals surface area contributed by atoms with Gasteiger partial charge in [0.2, 0.25) is 0 Å². The number of aryl methyl sites for hydroxylation is 1. The van der Waals surface area contributed by atoms with Gasteiger partial charge in [0.25, 0.3) is 0 Å². The summed E-state index contributed by atoms with van der Waals surface area (Å²) in [6, 6.07) is 3.61. The minimum atomic E-state index is 0.0928. The van der Waals surface area contributed by atoms with Gasteiger partial charge in [-0.05, 0) is 38.7 Å². The smallest absolute Gasteiger partial charge is 0.198 e. The number of H-pyrrole nitrogens is 1. The summed E-state index contributed by atoms with van der Waals surface area (Å²) in [5.41, 5.74) is 2.66. The highest BCUT2D eigenvalue weighted by Gasteiger charge is 2.19. The summed E-state index contributed by atoms with van der Waals surface area (Å²) in [4.78, 5) is 18.0. The minimum Gasteiger partial charge on any atom is -0.497 e. The Bertz CT molecular complexity index is 774. The highest BCUT2D eigenvalue weighted by molar-refractivity contribution is 5.86. The first-order valence-corrected chi connectivity index (χ1v) is 8.75. The fraction of sp³-hybridized carbons (Fsp3) is 0.526. The van der Waals surface area contributed by atoms with Crippen molar-refractivity contribution < 1.29 is 14.4 Å². The Kier molecular flexibility index (Phi) is 5.09. The molecule has 0 spiro atoms. The molecule has 2 N–H and O–H groups in total. The van der Waals surface area contributed by atoms with Crippen LogP contribution in [-0.2, 0) is 6.54 Å². The lowest BCUT2D eigenvalue weighted by Crippen LogP contribution is -3.10. The highest BCUT2D eigenvalue weighted by atomic mass is 16.5. The van der Waals surface area contributed by atoms with Gasteiger partial charge in [0.1, 0.15) is 18.0 Å². The van der Waals surface area contributed by atoms with Gasteiger partial charge >= 0.3 is 0 Å². The van der Waals surface area contributed by atoms with Crippen LogP contribution in [0, 0.1) is 6.92 Å². The van der Waals surface area contributed by atoms with Crippen molar-refractivity contribution in [2.75, 3.05) is 27.3 Å². The van der Waals surface area contributed by atoms with Gasteiger partial charge in [-0.15, -0.1) is 0 Å². The van der Waals surface area contributed by atoms with Gasteiger partial charge in [-0.1, -0.05) is 0 Å². The van der Waals surface area contributed by atoms with E-state index in [1.165, 1.54) is 30.6 Å². The lowest BCUT2D eigenvalue weighted by molar-refractivity contribution is -0.913. The van der Waals surface area contributed by atoms with E-state index in [0.29, 0.717) is 16.9 Å². The van der Waals surface area contributed by atoms with Crippen molar-refractivity contribution in [3.63, 3.8) is 0 Å². The maximum atomic E-state index is 13.1. The summed E-state index contributed by atoms with van der Waals surface area (Å²) in [6.07, 6.45) is 5.12. The lowest BCUT2D eigenvalue weighted by atomic mass is 10.1. The molecule has 2 aromatic rings. The molecule has 0 atom stereocenters. The van der Waals surface area contributed by atoms with E-state index in [-0.39, 0.29) is 5.43 Å². The summed E-state index contributed by atoms with van der Waals surface area (Å²) >= 11 is 0. The van der Waals surface area contributed by atoms with E-state index < -0.39 is 0 Å². The third kappa shape index (κ3) is 3.26. The zero-order valence-electron chi connectivity index (χ0n) is 14.8. The molecule has 5 heteroatoms. The molecule has 1 aliphatic heterocycles. The average Bonchev–Trinajstić information content (AvgIpc) is 2.86. The number of rotatable bonds is 4. The summed E-state index contributed by atoms with van der Waals surface area (Å²) in [5.74, 6) is 1.28. The number of hydrogen-bond donors (Lipinski definition) is 2. The quantitative estimate of drug-likeness (QED) is 0.898. The molecule has 2 heterocycles. The van der Waals surface area contributed by atoms with Crippen LogP contribution in [-0.4, -0.2) is 32.3 Å². The monoisotopic (exact) mass is 331 g/mol. The zero-order valence-corrected chi connectivity index (χ0v) is 14.8. The van der Waals surface area contributed by atoms with E-state index >= 15 is 0 Å². The fourth-order valence-corrected chi connectivity index (χ4v) is 3.64. The van der Waals surface area contributed by atoms with Crippen molar-refractivity contribution in [2.45, 2.75) is 39.2 Å². The summed E-state index contributed by atoms with van der Waals surface area (Å²) in [7, 11) is 3.21. The van der Waals surface area contributed by atoms with Crippen LogP contribution in [0.25, 0.3) is 10.9 Å². The molecule has 5 nitrogen and oxygen atoms in total. The second-order valence-electron chi connectivity index (χ2n) is 6.65. The predicted molar refractivity (Wildman–Crippen MR) is 95.3 cm³/mol. The Morgan fingerprint density at radius 2 is 1.79 bits per heavy atom. The van der Waals surface area contributed by atoms with E-state index in [9.17, 15) is 4.79 Å². The predicted octanol–water partition coefficient (Wildman–Crippen LogP) is 1.81. The number of ether oxygens (including phenoxy) is 2. The maximum Gasteiger partial charge on any atom is 0.198 e. The van der Waals surface area contributed by atoms with Crippen LogP contribution in [0.3, 0.4) is 0 Å². The first-order chi connectivity index (χ1) is 11.6. The van der Waals surface area contributed by atoms with Crippen LogP contribution >= 0.6 is 0 Å². The van der Waals surface area contributed by atoms with Gasteiger partial charge in [-0.2, -0.15) is 0 Å². The molecule has 130 valence electrons. The molecule has 1 saturated heterocycles. The molecule has 24 heavy (non-hydrogen) atoms. The van der Waals surface area contributed by atoms with Gasteiger partial charge in [-0.25, -0.2) is 0 Å². The Morgan fingerprint density at radius 1 is 1.08 bits per heavy atom. The van der Waals surface area contributed by atoms with Gasteiger partial charge < -0.3 is 19.4 Å². The molecule has 1 aromatic carbocycles. The average molecular weight is 331 g/mol. The number of nitrogens with one attached hydrogen (secondary N) is 2. The maximum absolute atomic E-state index is 13.1. The largest absolute Gasteiger partial charge is 0.497 e. The van der Waals surface area contributed by atoms with Crippen LogP contribution in [0.5, 0.6) is 11.5 Å². The van der Waals surface area contributed by atoms with Crippen LogP contribution in [0.15, 0.2) is 16.9 Å². The Balaban J connectivity index is 2.06. The number of aromatic amines is 1. The number of quaternary nitrogens is 1. The van der Waals surface area contributed by atoms with Crippen LogP contribution in [0.2, 0.25) is 0 Å². The second-order valence-corrected chi connectivity index (χ2v) is 6.65. The second kappa shape index (κ2) is 7.26. The number of methoxy groups -OCH3 is 2. The molecule has 0 amide bonds. The Hall–Kier alpha value is -2.01. The molecule has 0 unspecified atom stereocenters. The number of fused-ring (bicyclic) bond motifs is 1. The van der Waals surface area contributed by atoms with Gasteiger partial charge in [0.15, 0.2) is 5.43 Å². The van der Waals surface area contributed by atoms with E-state index in [1.807, 2.05) is 6.92 Å². The zero-order chi connectivity index (χ0) is 17.1. The summed E-state index contributed by atoms with van der Waals surface area (Å²) < 4.78 is 10.7. The number of hydrogen-bond acceptors (Lipinski definition) is 3. The van der Waals surface area contributed by atoms with Gasteiger partial charge in [0.05, 0.1) is 43.8 Å². The molecular weight excluding hydrogens is 304 g/mol. The van der Waals surface area contributed by atoms with Crippen molar-refractivity contribution in [3.8, 4) is 11.5 Å². The first kappa shape index (κ1) is 16.8. The van der Waals surface area contributed by atoms with Crippen LogP contribution < -0.4 is 19.8 Å². The number of likely N-dealkylation sites (tertiary alicyclic amines) is 1. The highest BCUT2D eigenvalue weighted by Crippen LogP contribution is 2.28. The van der Waals surface area contributed by atoms with Crippen LogP contribution in [0.4, 0.5) is 0 Å². The molecule has 0 bridgehead atoms. The topological polar surface area (TPSA) is 55.8 Å². The van der Waals surface area contributed by atoms with Crippen molar-refractivity contribution in [1.29, 1.82) is 0 Å². The minimum absolute atomic E-state index is 0.0928. The third-order valence-electron chi connectivity index (χ3n) is 5.05. The van der Waals surface area contributed by atoms with Gasteiger partial charge in [0, 0.05) is 11.8 Å². The SMILES string of the molecule is COc1cc(OC)c2[nH]c(C)c(C[NH+]3CCCCCC3)c(=O)c2c1. The molecule has 1 aliphatic rings. The van der Waals surface area contributed by atoms with Gasteiger partial charge in [-0.3, -0.25) is 4.79 Å². The summed E-state index contributed by atoms with van der Waals surface area (Å²) in [6.45, 7) is 5.07. The standard InChI is InChI=1S/C19H26N2O3/c1-13-16(12-21-8-6-4-5-7-9-21)19(22)15-10-14(23-2)11-17(24-3)18(15)20-13/h10-11H,4-9,12H2,1-3H3,(H,20,22)/p+1. The summed E-state index contributed by atoms with van der Waals surface area (Å²) in [5, 5.41) is 0.640. The Labute approximate surface area is 142 Å². The third-order valence-corrected chi connectivity index (χ3v) is 5.05. The van der Waals surface area contributed by atoms with E-state index in [0.717, 1.165) is 36.4 Å². The normalized spacial score (nSPS) is 16.1. The molecular formula is C19H27N2O3+. The number of aromatic nitrogens is 1. The van der Waals surface area contributed by atoms with Crippen LogP contribution in [0.1, 0.15) is 36.9 Å². The van der Waals surface area contributed by atoms with E-state index in [4.69, 9.17) is 9.47 Å². The number of pyridine rings is 1. The van der Waals surface area contributed by atoms with Crippen molar-refractivity contribution in [2.24, 2.45) is 0 Å². The lowest BCUT2D eigenvalue weighted by Gasteiger charge is -2.18. The number of benzene rings is 1. The fourth-order valence-electron chi connectivity index (χ4n) is 3.64.